The molecular formula is C30H42O11. The van der Waals surface area contributed by atoms with Crippen LogP contribution >= 0.6 is 0 Å². The Labute approximate surface area is 240 Å². The SMILES string of the molecule is C=C1CC[C@@H](OC(C)=O)[C@H]2[C@@]1(C)[C@@H](OC(C)=O)[C@H](OC(=O)C(C)C)[C@](C)(O)[C@]2(C)[C@H](CC1=CC(=O)OC1)OC(C)=O. The smallest absolute Gasteiger partial charge is 0.331 e. The lowest BCUT2D eigenvalue weighted by atomic mass is 9.41. The average molecular weight is 579 g/mol. The first-order valence-electron chi connectivity index (χ1n) is 13.9. The molecule has 2 saturated carbocycles. The van der Waals surface area contributed by atoms with Crippen LogP contribution in [0.4, 0.5) is 0 Å². The van der Waals surface area contributed by atoms with Crippen molar-refractivity contribution in [3.05, 3.63) is 23.8 Å². The summed E-state index contributed by atoms with van der Waals surface area (Å²) in [6.07, 6.45) is -2.59. The van der Waals surface area contributed by atoms with E-state index in [0.717, 1.165) is 0 Å². The molecule has 0 unspecified atom stereocenters. The summed E-state index contributed by atoms with van der Waals surface area (Å²) in [5, 5.41) is 12.6. The van der Waals surface area contributed by atoms with E-state index < -0.39 is 82.5 Å². The number of carbonyl (C=O) groups excluding carboxylic acids is 5. The Morgan fingerprint density at radius 1 is 1.02 bits per heavy atom. The van der Waals surface area contributed by atoms with Gasteiger partial charge in [-0.1, -0.05) is 39.8 Å². The van der Waals surface area contributed by atoms with Gasteiger partial charge >= 0.3 is 29.8 Å². The van der Waals surface area contributed by atoms with Gasteiger partial charge in [-0.15, -0.1) is 0 Å². The third-order valence-electron chi connectivity index (χ3n) is 9.14. The molecule has 41 heavy (non-hydrogen) atoms. The number of aliphatic hydroxyl groups is 1. The molecule has 0 saturated heterocycles. The van der Waals surface area contributed by atoms with Crippen molar-refractivity contribution in [1.29, 1.82) is 0 Å². The topological polar surface area (TPSA) is 152 Å². The number of hydrogen-bond donors (Lipinski definition) is 1. The van der Waals surface area contributed by atoms with Gasteiger partial charge in [0.1, 0.15) is 24.4 Å². The molecule has 0 aromatic heterocycles. The van der Waals surface area contributed by atoms with Crippen LogP contribution in [0.25, 0.3) is 0 Å². The van der Waals surface area contributed by atoms with E-state index in [2.05, 4.69) is 6.58 Å². The minimum Gasteiger partial charge on any atom is -0.462 e. The number of rotatable bonds is 8. The van der Waals surface area contributed by atoms with E-state index in [0.29, 0.717) is 24.0 Å². The highest BCUT2D eigenvalue weighted by Crippen LogP contribution is 2.66. The van der Waals surface area contributed by atoms with Gasteiger partial charge in [0.2, 0.25) is 0 Å². The van der Waals surface area contributed by atoms with Crippen LogP contribution in [-0.4, -0.2) is 71.6 Å². The first-order chi connectivity index (χ1) is 18.9. The molecular weight excluding hydrogens is 536 g/mol. The lowest BCUT2D eigenvalue weighted by Crippen LogP contribution is -2.78. The van der Waals surface area contributed by atoms with Crippen molar-refractivity contribution in [3.63, 3.8) is 0 Å². The predicted molar refractivity (Wildman–Crippen MR) is 144 cm³/mol. The van der Waals surface area contributed by atoms with Crippen molar-refractivity contribution in [2.75, 3.05) is 6.61 Å². The molecule has 1 aliphatic heterocycles. The number of fused-ring (bicyclic) bond motifs is 1. The molecule has 3 aliphatic rings. The van der Waals surface area contributed by atoms with Crippen LogP contribution in [0.1, 0.15) is 74.7 Å². The summed E-state index contributed by atoms with van der Waals surface area (Å²) in [6, 6.07) is 0. The van der Waals surface area contributed by atoms with Gasteiger partial charge in [0.25, 0.3) is 0 Å². The van der Waals surface area contributed by atoms with Crippen molar-refractivity contribution < 1.29 is 52.8 Å². The minimum absolute atomic E-state index is 0.00705. The summed E-state index contributed by atoms with van der Waals surface area (Å²) in [5.74, 6) is -4.52. The van der Waals surface area contributed by atoms with E-state index in [-0.39, 0.29) is 13.0 Å². The van der Waals surface area contributed by atoms with Gasteiger partial charge in [-0.3, -0.25) is 19.2 Å². The Hall–Kier alpha value is -3.21. The van der Waals surface area contributed by atoms with Crippen LogP contribution in [0.2, 0.25) is 0 Å². The van der Waals surface area contributed by atoms with Crippen molar-refractivity contribution in [1.82, 2.24) is 0 Å². The Kier molecular flexibility index (Phi) is 9.13. The maximum Gasteiger partial charge on any atom is 0.331 e. The Morgan fingerprint density at radius 2 is 1.63 bits per heavy atom. The van der Waals surface area contributed by atoms with Crippen LogP contribution in [0.5, 0.6) is 0 Å². The molecule has 2 aliphatic carbocycles. The van der Waals surface area contributed by atoms with Gasteiger partial charge in [0.05, 0.1) is 5.92 Å². The molecule has 3 rings (SSSR count). The monoisotopic (exact) mass is 578 g/mol. The molecule has 0 aromatic rings. The fraction of sp³-hybridized carbons (Fsp3) is 0.700. The highest BCUT2D eigenvalue weighted by Gasteiger charge is 2.75. The average Bonchev–Trinajstić information content (AvgIpc) is 3.25. The summed E-state index contributed by atoms with van der Waals surface area (Å²) in [4.78, 5) is 62.3. The number of cyclic esters (lactones) is 1. The maximum atomic E-state index is 13.0. The molecule has 0 bridgehead atoms. The Morgan fingerprint density at radius 3 is 2.12 bits per heavy atom. The zero-order valence-electron chi connectivity index (χ0n) is 25.1. The van der Waals surface area contributed by atoms with Gasteiger partial charge in [-0.05, 0) is 25.3 Å². The third kappa shape index (κ3) is 5.78. The second kappa shape index (κ2) is 11.6. The highest BCUT2D eigenvalue weighted by molar-refractivity contribution is 5.85. The number of hydrogen-bond acceptors (Lipinski definition) is 11. The molecule has 0 spiro atoms. The van der Waals surface area contributed by atoms with Gasteiger partial charge in [0, 0.05) is 50.0 Å². The molecule has 11 heteroatoms. The molecule has 0 amide bonds. The minimum atomic E-state index is -2.04. The fourth-order valence-corrected chi connectivity index (χ4v) is 6.99. The molecule has 0 aromatic carbocycles. The lowest BCUT2D eigenvalue weighted by molar-refractivity contribution is -0.313. The van der Waals surface area contributed by atoms with Crippen molar-refractivity contribution in [3.8, 4) is 0 Å². The molecule has 11 nitrogen and oxygen atoms in total. The molecule has 0 radical (unpaired) electrons. The zero-order chi connectivity index (χ0) is 31.1. The largest absolute Gasteiger partial charge is 0.462 e. The summed E-state index contributed by atoms with van der Waals surface area (Å²) in [6.45, 7) is 16.1. The second-order valence-corrected chi connectivity index (χ2v) is 12.2. The number of esters is 5. The first kappa shape index (κ1) is 32.3. The third-order valence-corrected chi connectivity index (χ3v) is 9.14. The van der Waals surface area contributed by atoms with Crippen LogP contribution in [0, 0.1) is 22.7 Å². The Balaban J connectivity index is 2.37. The van der Waals surface area contributed by atoms with Crippen LogP contribution < -0.4 is 0 Å². The first-order valence-corrected chi connectivity index (χ1v) is 13.9. The molecule has 1 N–H and O–H groups in total. The van der Waals surface area contributed by atoms with E-state index in [1.54, 1.807) is 27.7 Å². The standard InChI is InChI=1S/C30H42O11/c1-15(2)27(35)41-26-25(40-19(6)33)28(7)16(3)10-11-21(38-17(4)31)24(28)29(8,30(26,9)36)22(39-18(5)32)12-20-13-23(34)37-14-20/h13,15,21-22,24-26,36H,3,10-12,14H2,1-2,4-9H3/t21-,22+,24+,25+,26+,28+,29-,30+/m1/s1. The quantitative estimate of drug-likeness (QED) is 0.257. The van der Waals surface area contributed by atoms with Gasteiger partial charge in [0.15, 0.2) is 12.2 Å². The molecule has 8 atom stereocenters. The summed E-state index contributed by atoms with van der Waals surface area (Å²) in [7, 11) is 0. The summed E-state index contributed by atoms with van der Waals surface area (Å²) >= 11 is 0. The van der Waals surface area contributed by atoms with E-state index in [4.69, 9.17) is 23.7 Å². The van der Waals surface area contributed by atoms with E-state index in [1.807, 2.05) is 0 Å². The maximum absolute atomic E-state index is 13.0. The van der Waals surface area contributed by atoms with E-state index >= 15 is 0 Å². The van der Waals surface area contributed by atoms with E-state index in [1.165, 1.54) is 33.8 Å². The predicted octanol–water partition coefficient (Wildman–Crippen LogP) is 2.97. The highest BCUT2D eigenvalue weighted by atomic mass is 16.6. The van der Waals surface area contributed by atoms with Crippen LogP contribution in [0.3, 0.4) is 0 Å². The lowest BCUT2D eigenvalue weighted by Gasteiger charge is -2.67. The van der Waals surface area contributed by atoms with Crippen molar-refractivity contribution in [2.24, 2.45) is 22.7 Å². The van der Waals surface area contributed by atoms with Crippen molar-refractivity contribution >= 4 is 29.8 Å². The second-order valence-electron chi connectivity index (χ2n) is 12.2. The van der Waals surface area contributed by atoms with Gasteiger partial charge in [-0.2, -0.15) is 0 Å². The van der Waals surface area contributed by atoms with Gasteiger partial charge < -0.3 is 28.8 Å². The fourth-order valence-electron chi connectivity index (χ4n) is 6.99. The number of carbonyl (C=O) groups is 5. The van der Waals surface area contributed by atoms with Crippen LogP contribution in [-0.2, 0) is 47.7 Å². The normalized spacial score (nSPS) is 35.5. The Bertz CT molecular complexity index is 1150. The van der Waals surface area contributed by atoms with Gasteiger partial charge in [-0.25, -0.2) is 4.79 Å². The zero-order valence-corrected chi connectivity index (χ0v) is 25.1. The molecule has 1 heterocycles. The summed E-state index contributed by atoms with van der Waals surface area (Å²) < 4.78 is 28.6. The summed E-state index contributed by atoms with van der Waals surface area (Å²) in [5.41, 5.74) is -3.64. The molecule has 228 valence electrons. The molecule has 2 fully saturated rings. The number of ether oxygens (including phenoxy) is 5. The van der Waals surface area contributed by atoms with Crippen molar-refractivity contribution in [2.45, 2.75) is 105 Å². The van der Waals surface area contributed by atoms with E-state index in [9.17, 15) is 29.1 Å². The van der Waals surface area contributed by atoms with Crippen LogP contribution in [0.15, 0.2) is 23.8 Å².